The van der Waals surface area contributed by atoms with Crippen molar-refractivity contribution >= 4 is 51.8 Å². The van der Waals surface area contributed by atoms with E-state index in [-0.39, 0.29) is 5.28 Å². The smallest absolute Gasteiger partial charge is 0.233 e. The van der Waals surface area contributed by atoms with Gasteiger partial charge in [0.05, 0.1) is 0 Å². The molecular weight excluding hydrogens is 365 g/mol. The Balaban J connectivity index is 2.20. The molecule has 18 heavy (non-hydrogen) atoms. The summed E-state index contributed by atoms with van der Waals surface area (Å²) in [6.45, 7) is 2.69. The number of anilines is 3. The molecule has 0 saturated carbocycles. The Kier molecular flexibility index (Phi) is 4.54. The number of rotatable bonds is 4. The summed E-state index contributed by atoms with van der Waals surface area (Å²) in [5, 5.41) is 6.24. The zero-order valence-electron chi connectivity index (χ0n) is 9.61. The van der Waals surface area contributed by atoms with Crippen LogP contribution in [-0.2, 0) is 0 Å². The largest absolute Gasteiger partial charge is 0.354 e. The monoisotopic (exact) mass is 375 g/mol. The van der Waals surface area contributed by atoms with Gasteiger partial charge >= 0.3 is 0 Å². The first-order chi connectivity index (χ1) is 8.67. The minimum Gasteiger partial charge on any atom is -0.354 e. The third kappa shape index (κ3) is 3.67. The lowest BCUT2D eigenvalue weighted by molar-refractivity contribution is 1.02. The predicted octanol–water partition coefficient (Wildman–Crippen LogP) is 3.31. The van der Waals surface area contributed by atoms with Gasteiger partial charge in [0, 0.05) is 15.8 Å². The summed E-state index contributed by atoms with van der Waals surface area (Å²) in [6, 6.07) is 7.90. The topological polar surface area (TPSA) is 62.7 Å². The molecule has 0 aliphatic heterocycles. The summed E-state index contributed by atoms with van der Waals surface area (Å²) in [6.07, 6.45) is 0. The van der Waals surface area contributed by atoms with Gasteiger partial charge in [-0.1, -0.05) is 0 Å². The van der Waals surface area contributed by atoms with Crippen molar-refractivity contribution in [2.75, 3.05) is 17.2 Å². The third-order valence-electron chi connectivity index (χ3n) is 2.04. The van der Waals surface area contributed by atoms with E-state index in [1.54, 1.807) is 0 Å². The van der Waals surface area contributed by atoms with Gasteiger partial charge in [-0.25, -0.2) is 0 Å². The number of hydrogen-bond acceptors (Lipinski definition) is 5. The van der Waals surface area contributed by atoms with Crippen molar-refractivity contribution in [2.45, 2.75) is 6.92 Å². The van der Waals surface area contributed by atoms with Gasteiger partial charge in [-0.05, 0) is 65.4 Å². The predicted molar refractivity (Wildman–Crippen MR) is 81.4 cm³/mol. The van der Waals surface area contributed by atoms with Crippen molar-refractivity contribution in [3.8, 4) is 0 Å². The molecule has 0 aliphatic rings. The van der Waals surface area contributed by atoms with Crippen molar-refractivity contribution < 1.29 is 0 Å². The molecule has 0 amide bonds. The van der Waals surface area contributed by atoms with E-state index in [1.165, 1.54) is 3.57 Å². The second-order valence-electron chi connectivity index (χ2n) is 3.41. The van der Waals surface area contributed by atoms with Crippen LogP contribution in [-0.4, -0.2) is 21.5 Å². The van der Waals surface area contributed by atoms with Crippen molar-refractivity contribution in [3.05, 3.63) is 33.1 Å². The van der Waals surface area contributed by atoms with Gasteiger partial charge in [-0.3, -0.25) is 0 Å². The molecule has 2 N–H and O–H groups in total. The van der Waals surface area contributed by atoms with Gasteiger partial charge in [-0.15, -0.1) is 0 Å². The van der Waals surface area contributed by atoms with Crippen LogP contribution in [0, 0.1) is 3.57 Å². The first kappa shape index (κ1) is 13.3. The van der Waals surface area contributed by atoms with Gasteiger partial charge in [0.15, 0.2) is 0 Å². The van der Waals surface area contributed by atoms with Gasteiger partial charge in [0.2, 0.25) is 17.2 Å². The summed E-state index contributed by atoms with van der Waals surface area (Å²) in [4.78, 5) is 12.2. The Hall–Kier alpha value is -1.15. The van der Waals surface area contributed by atoms with Crippen LogP contribution in [0.4, 0.5) is 17.6 Å². The Morgan fingerprint density at radius 3 is 2.44 bits per heavy atom. The first-order valence-corrected chi connectivity index (χ1v) is 6.81. The molecule has 0 radical (unpaired) electrons. The average molecular weight is 376 g/mol. The molecule has 0 unspecified atom stereocenters. The molecule has 0 saturated heterocycles. The first-order valence-electron chi connectivity index (χ1n) is 5.35. The Bertz CT molecular complexity index is 531. The molecule has 2 aromatic rings. The average Bonchev–Trinajstić information content (AvgIpc) is 2.32. The second-order valence-corrected chi connectivity index (χ2v) is 5.00. The standard InChI is InChI=1S/C11H11ClIN5/c1-2-14-10-16-9(12)17-11(18-10)15-8-5-3-7(13)4-6-8/h3-6H,2H2,1H3,(H2,14,15,16,17,18). The Morgan fingerprint density at radius 2 is 1.78 bits per heavy atom. The van der Waals surface area contributed by atoms with E-state index < -0.39 is 0 Å². The maximum absolute atomic E-state index is 5.83. The van der Waals surface area contributed by atoms with Gasteiger partial charge in [-0.2, -0.15) is 15.0 Å². The zero-order chi connectivity index (χ0) is 13.0. The third-order valence-corrected chi connectivity index (χ3v) is 2.93. The van der Waals surface area contributed by atoms with Crippen LogP contribution in [0.5, 0.6) is 0 Å². The number of nitrogens with one attached hydrogen (secondary N) is 2. The van der Waals surface area contributed by atoms with Crippen molar-refractivity contribution in [1.29, 1.82) is 0 Å². The highest BCUT2D eigenvalue weighted by atomic mass is 127. The highest BCUT2D eigenvalue weighted by Gasteiger charge is 2.04. The van der Waals surface area contributed by atoms with E-state index in [0.29, 0.717) is 11.9 Å². The van der Waals surface area contributed by atoms with E-state index in [9.17, 15) is 0 Å². The molecule has 0 fully saturated rings. The molecule has 0 bridgehead atoms. The van der Waals surface area contributed by atoms with E-state index >= 15 is 0 Å². The fourth-order valence-corrected chi connectivity index (χ4v) is 1.83. The molecule has 1 aromatic carbocycles. The molecule has 1 heterocycles. The Labute approximate surface area is 124 Å². The minimum absolute atomic E-state index is 0.161. The number of benzene rings is 1. The highest BCUT2D eigenvalue weighted by Crippen LogP contribution is 2.17. The molecule has 0 aliphatic carbocycles. The fraction of sp³-hybridized carbons (Fsp3) is 0.182. The molecule has 0 atom stereocenters. The lowest BCUT2D eigenvalue weighted by atomic mass is 10.3. The normalized spacial score (nSPS) is 10.2. The molecule has 94 valence electrons. The van der Waals surface area contributed by atoms with Crippen molar-refractivity contribution in [1.82, 2.24) is 15.0 Å². The quantitative estimate of drug-likeness (QED) is 0.803. The number of halogens is 2. The molecule has 1 aromatic heterocycles. The SMILES string of the molecule is CCNc1nc(Cl)nc(Nc2ccc(I)cc2)n1. The van der Waals surface area contributed by atoms with Crippen LogP contribution in [0.2, 0.25) is 5.28 Å². The fourth-order valence-electron chi connectivity index (χ4n) is 1.31. The molecule has 7 heteroatoms. The van der Waals surface area contributed by atoms with E-state index in [4.69, 9.17) is 11.6 Å². The highest BCUT2D eigenvalue weighted by molar-refractivity contribution is 14.1. The van der Waals surface area contributed by atoms with Gasteiger partial charge in [0.25, 0.3) is 0 Å². The molecule has 5 nitrogen and oxygen atoms in total. The van der Waals surface area contributed by atoms with Crippen LogP contribution >= 0.6 is 34.2 Å². The van der Waals surface area contributed by atoms with E-state index in [2.05, 4.69) is 48.2 Å². The van der Waals surface area contributed by atoms with Crippen LogP contribution in [0.25, 0.3) is 0 Å². The minimum atomic E-state index is 0.161. The molecule has 0 spiro atoms. The second kappa shape index (κ2) is 6.14. The summed E-state index contributed by atoms with van der Waals surface area (Å²) < 4.78 is 1.17. The summed E-state index contributed by atoms with van der Waals surface area (Å²) in [7, 11) is 0. The van der Waals surface area contributed by atoms with E-state index in [1.807, 2.05) is 31.2 Å². The lowest BCUT2D eigenvalue weighted by Gasteiger charge is -2.07. The van der Waals surface area contributed by atoms with Crippen LogP contribution in [0.1, 0.15) is 6.92 Å². The number of nitrogens with zero attached hydrogens (tertiary/aromatic N) is 3. The van der Waals surface area contributed by atoms with Crippen LogP contribution in [0.3, 0.4) is 0 Å². The maximum atomic E-state index is 5.83. The molecular formula is C11H11ClIN5. The lowest BCUT2D eigenvalue weighted by Crippen LogP contribution is -2.06. The molecule has 2 rings (SSSR count). The van der Waals surface area contributed by atoms with Crippen LogP contribution in [0.15, 0.2) is 24.3 Å². The van der Waals surface area contributed by atoms with Gasteiger partial charge in [0.1, 0.15) is 0 Å². The maximum Gasteiger partial charge on any atom is 0.233 e. The van der Waals surface area contributed by atoms with Gasteiger partial charge < -0.3 is 10.6 Å². The summed E-state index contributed by atoms with van der Waals surface area (Å²) >= 11 is 8.08. The zero-order valence-corrected chi connectivity index (χ0v) is 12.5. The Morgan fingerprint density at radius 1 is 1.11 bits per heavy atom. The van der Waals surface area contributed by atoms with Crippen LogP contribution < -0.4 is 10.6 Å². The van der Waals surface area contributed by atoms with Crippen molar-refractivity contribution in [2.24, 2.45) is 0 Å². The number of hydrogen-bond donors (Lipinski definition) is 2. The number of aromatic nitrogens is 3. The van der Waals surface area contributed by atoms with Crippen molar-refractivity contribution in [3.63, 3.8) is 0 Å². The van der Waals surface area contributed by atoms with E-state index in [0.717, 1.165) is 12.2 Å². The summed E-state index contributed by atoms with van der Waals surface area (Å²) in [5.74, 6) is 0.887. The summed E-state index contributed by atoms with van der Waals surface area (Å²) in [5.41, 5.74) is 0.903.